The lowest BCUT2D eigenvalue weighted by atomic mass is 9.99. The third-order valence-corrected chi connectivity index (χ3v) is 22.5. The van der Waals surface area contributed by atoms with Crippen molar-refractivity contribution < 1.29 is 80.2 Å². The highest BCUT2D eigenvalue weighted by Gasteiger charge is 2.30. The highest BCUT2D eigenvalue weighted by Crippen LogP contribution is 2.45. The van der Waals surface area contributed by atoms with Crippen LogP contribution in [0.25, 0.3) is 0 Å². The second-order valence-electron chi connectivity index (χ2n) is 31.6. The molecule has 0 amide bonds. The molecule has 19 heteroatoms. The summed E-state index contributed by atoms with van der Waals surface area (Å²) >= 11 is 0. The topological polar surface area (TPSA) is 237 Å². The van der Waals surface area contributed by atoms with Crippen molar-refractivity contribution in [3.8, 4) is 0 Å². The van der Waals surface area contributed by atoms with E-state index in [0.29, 0.717) is 31.6 Å². The molecule has 6 atom stereocenters. The monoisotopic (exact) mass is 1540 g/mol. The van der Waals surface area contributed by atoms with E-state index in [1.807, 2.05) is 0 Å². The highest BCUT2D eigenvalue weighted by atomic mass is 31.2. The van der Waals surface area contributed by atoms with Crippen molar-refractivity contribution in [3.05, 3.63) is 0 Å². The number of rotatable bonds is 85. The Morgan fingerprint density at radius 1 is 0.276 bits per heavy atom. The molecule has 3 unspecified atom stereocenters. The first-order chi connectivity index (χ1) is 50.9. The third-order valence-electron chi connectivity index (χ3n) is 20.6. The number of unbranched alkanes of at least 4 members (excludes halogenated alkanes) is 54. The van der Waals surface area contributed by atoms with Crippen molar-refractivity contribution >= 4 is 39.5 Å². The van der Waals surface area contributed by atoms with Crippen LogP contribution < -0.4 is 0 Å². The largest absolute Gasteiger partial charge is 0.472 e. The number of hydrogen-bond acceptors (Lipinski definition) is 15. The van der Waals surface area contributed by atoms with Gasteiger partial charge in [-0.05, 0) is 37.5 Å². The van der Waals surface area contributed by atoms with Crippen LogP contribution in [0.2, 0.25) is 0 Å². The average molecular weight is 1540 g/mol. The fourth-order valence-corrected chi connectivity index (χ4v) is 15.0. The summed E-state index contributed by atoms with van der Waals surface area (Å²) in [6.45, 7) is 9.67. The molecule has 0 radical (unpaired) electrons. The number of esters is 4. The van der Waals surface area contributed by atoms with E-state index < -0.39 is 97.5 Å². The van der Waals surface area contributed by atoms with Gasteiger partial charge in [-0.3, -0.25) is 37.3 Å². The predicted octanol–water partition coefficient (Wildman–Crippen LogP) is 26.2. The fraction of sp³-hybridized carbons (Fsp3) is 0.953. The maximum absolute atomic E-state index is 13.1. The van der Waals surface area contributed by atoms with E-state index >= 15 is 0 Å². The maximum Gasteiger partial charge on any atom is 0.472 e. The van der Waals surface area contributed by atoms with Crippen molar-refractivity contribution in [1.29, 1.82) is 0 Å². The van der Waals surface area contributed by atoms with Gasteiger partial charge in [0.05, 0.1) is 26.4 Å². The Balaban J connectivity index is 5.23. The summed E-state index contributed by atoms with van der Waals surface area (Å²) < 4.78 is 68.9. The fourth-order valence-electron chi connectivity index (χ4n) is 13.4. The molecular weight excluding hydrogens is 1370 g/mol. The molecule has 0 aromatic carbocycles. The molecule has 0 aliphatic carbocycles. The molecule has 0 bridgehead atoms. The van der Waals surface area contributed by atoms with Gasteiger partial charge in [-0.25, -0.2) is 9.13 Å². The van der Waals surface area contributed by atoms with Crippen molar-refractivity contribution in [2.75, 3.05) is 39.6 Å². The molecule has 0 fully saturated rings. The van der Waals surface area contributed by atoms with Crippen LogP contribution in [0.5, 0.6) is 0 Å². The zero-order chi connectivity index (χ0) is 77.1. The van der Waals surface area contributed by atoms with Gasteiger partial charge in [-0.15, -0.1) is 0 Å². The van der Waals surface area contributed by atoms with E-state index in [4.69, 9.17) is 37.0 Å². The van der Waals surface area contributed by atoms with Crippen molar-refractivity contribution in [2.24, 2.45) is 11.8 Å². The van der Waals surface area contributed by atoms with Crippen molar-refractivity contribution in [1.82, 2.24) is 0 Å². The molecule has 0 heterocycles. The first-order valence-corrected chi connectivity index (χ1v) is 47.5. The average Bonchev–Trinajstić information content (AvgIpc) is 0.933. The Hall–Kier alpha value is -1.94. The van der Waals surface area contributed by atoms with E-state index in [9.17, 15) is 43.2 Å². The molecule has 0 aromatic heterocycles. The van der Waals surface area contributed by atoms with Crippen LogP contribution in [0, 0.1) is 11.8 Å². The minimum Gasteiger partial charge on any atom is -0.462 e. The summed E-state index contributed by atoms with van der Waals surface area (Å²) in [7, 11) is -9.93. The SMILES string of the molecule is CCCCCCCCCCCCCCCCCCCCCC(=O)O[C@H](COC(=O)CCCCCCCCCCCCCCCCC(C)CC)COP(=O)(O)OC[C@@H](O)COP(=O)(O)OC[C@@H](COC(=O)CCCCCCCCCC(C)C)OC(=O)CCCCCCCCCCCCCCCCCCCC. The van der Waals surface area contributed by atoms with Gasteiger partial charge < -0.3 is 33.8 Å². The van der Waals surface area contributed by atoms with E-state index in [1.54, 1.807) is 0 Å². The molecule has 0 rings (SSSR count). The minimum absolute atomic E-state index is 0.108. The van der Waals surface area contributed by atoms with Crippen LogP contribution in [-0.4, -0.2) is 96.7 Å². The Kier molecular flexibility index (Phi) is 76.0. The highest BCUT2D eigenvalue weighted by molar-refractivity contribution is 7.47. The Bertz CT molecular complexity index is 2010. The van der Waals surface area contributed by atoms with Crippen LogP contribution in [0.1, 0.15) is 459 Å². The molecule has 17 nitrogen and oxygen atoms in total. The van der Waals surface area contributed by atoms with Crippen LogP contribution in [0.15, 0.2) is 0 Å². The molecule has 0 aromatic rings. The number of aliphatic hydroxyl groups excluding tert-OH is 1. The smallest absolute Gasteiger partial charge is 0.462 e. The third kappa shape index (κ3) is 78.5. The van der Waals surface area contributed by atoms with Crippen LogP contribution in [0.4, 0.5) is 0 Å². The minimum atomic E-state index is -4.97. The molecule has 0 saturated heterocycles. The molecule has 0 saturated carbocycles. The van der Waals surface area contributed by atoms with Gasteiger partial charge in [0.2, 0.25) is 0 Å². The van der Waals surface area contributed by atoms with Gasteiger partial charge >= 0.3 is 39.5 Å². The van der Waals surface area contributed by atoms with E-state index in [0.717, 1.165) is 102 Å². The summed E-state index contributed by atoms with van der Waals surface area (Å²) in [5.41, 5.74) is 0. The van der Waals surface area contributed by atoms with Crippen LogP contribution in [0.3, 0.4) is 0 Å². The second-order valence-corrected chi connectivity index (χ2v) is 34.6. The van der Waals surface area contributed by atoms with Crippen molar-refractivity contribution in [2.45, 2.75) is 477 Å². The van der Waals surface area contributed by atoms with Gasteiger partial charge in [0.25, 0.3) is 0 Å². The summed E-state index contributed by atoms with van der Waals surface area (Å²) in [5, 5.41) is 10.7. The number of hydrogen-bond donors (Lipinski definition) is 3. The van der Waals surface area contributed by atoms with Crippen molar-refractivity contribution in [3.63, 3.8) is 0 Å². The Morgan fingerprint density at radius 2 is 0.486 bits per heavy atom. The zero-order valence-corrected chi connectivity index (χ0v) is 70.8. The number of ether oxygens (including phenoxy) is 4. The van der Waals surface area contributed by atoms with Gasteiger partial charge in [0.1, 0.15) is 19.3 Å². The van der Waals surface area contributed by atoms with Crippen LogP contribution in [-0.2, 0) is 65.4 Å². The Labute approximate surface area is 645 Å². The molecule has 105 heavy (non-hydrogen) atoms. The van der Waals surface area contributed by atoms with E-state index in [2.05, 4.69) is 41.5 Å². The second kappa shape index (κ2) is 77.4. The van der Waals surface area contributed by atoms with Gasteiger partial charge in [0, 0.05) is 25.7 Å². The molecule has 0 aliphatic heterocycles. The van der Waals surface area contributed by atoms with Gasteiger partial charge in [0.15, 0.2) is 12.2 Å². The molecular formula is C86H168O17P2. The number of phosphoric ester groups is 2. The maximum atomic E-state index is 13.1. The predicted molar refractivity (Wildman–Crippen MR) is 432 cm³/mol. The zero-order valence-electron chi connectivity index (χ0n) is 69.0. The number of carbonyl (C=O) groups is 4. The quantitative estimate of drug-likeness (QED) is 0.0222. The molecule has 0 spiro atoms. The van der Waals surface area contributed by atoms with E-state index in [-0.39, 0.29) is 25.7 Å². The standard InChI is InChI=1S/C86H168O17P2/c1-7-10-12-14-16-18-20-22-24-26-28-30-32-38-42-46-52-59-64-70-85(90)102-81(74-96-83(88)68-62-56-50-44-40-36-34-33-35-39-43-49-55-61-67-79(6)9-3)76-100-104(92,93)98-72-80(87)73-99-105(94,95)101-77-82(75-97-84(89)69-63-57-53-47-48-54-60-66-78(4)5)103-86(91)71-65-58-51-45-41-37-31-29-27-25-23-21-19-17-15-13-11-8-2/h78-82,87H,7-77H2,1-6H3,(H,92,93)(H,94,95)/t79?,80-,81-,82-/m1/s1. The number of carbonyl (C=O) groups excluding carboxylic acids is 4. The van der Waals surface area contributed by atoms with Gasteiger partial charge in [-0.1, -0.05) is 408 Å². The first kappa shape index (κ1) is 103. The number of aliphatic hydroxyl groups is 1. The normalized spacial score (nSPS) is 14.1. The Morgan fingerprint density at radius 3 is 0.724 bits per heavy atom. The summed E-state index contributed by atoms with van der Waals surface area (Å²) in [4.78, 5) is 73.2. The lowest BCUT2D eigenvalue weighted by Gasteiger charge is -2.21. The summed E-state index contributed by atoms with van der Waals surface area (Å²) in [6, 6.07) is 0. The van der Waals surface area contributed by atoms with Crippen LogP contribution >= 0.6 is 15.6 Å². The first-order valence-electron chi connectivity index (χ1n) is 44.5. The summed E-state index contributed by atoms with van der Waals surface area (Å²) in [5.74, 6) is -0.548. The molecule has 624 valence electrons. The van der Waals surface area contributed by atoms with E-state index in [1.165, 1.54) is 270 Å². The van der Waals surface area contributed by atoms with Gasteiger partial charge in [-0.2, -0.15) is 0 Å². The lowest BCUT2D eigenvalue weighted by Crippen LogP contribution is -2.30. The molecule has 3 N–H and O–H groups in total. The summed E-state index contributed by atoms with van der Waals surface area (Å²) in [6.07, 6.45) is 69.5. The molecule has 0 aliphatic rings. The lowest BCUT2D eigenvalue weighted by molar-refractivity contribution is -0.161. The number of phosphoric acid groups is 2.